The fourth-order valence-corrected chi connectivity index (χ4v) is 2.66. The van der Waals surface area contributed by atoms with Gasteiger partial charge in [0.2, 0.25) is 5.91 Å². The number of carbonyl (C=O) groups is 2. The van der Waals surface area contributed by atoms with E-state index in [1.165, 1.54) is 11.9 Å². The van der Waals surface area contributed by atoms with Crippen LogP contribution in [0.2, 0.25) is 0 Å². The van der Waals surface area contributed by atoms with Gasteiger partial charge in [-0.15, -0.1) is 0 Å². The van der Waals surface area contributed by atoms with Crippen LogP contribution in [-0.4, -0.2) is 40.2 Å². The number of likely N-dealkylation sites (N-methyl/N-ethyl adjacent to an activating group) is 1. The second-order valence-corrected chi connectivity index (χ2v) is 6.01. The zero-order chi connectivity index (χ0) is 18.7. The molecule has 0 saturated carbocycles. The number of rotatable bonds is 5. The summed E-state index contributed by atoms with van der Waals surface area (Å²) in [5.74, 6) is -0.840. The third kappa shape index (κ3) is 4.23. The predicted octanol–water partition coefficient (Wildman–Crippen LogP) is 2.56. The molecule has 0 bridgehead atoms. The number of nitrogens with zero attached hydrogens (tertiary/aromatic N) is 2. The number of carbonyl (C=O) groups excluding carboxylic acids is 2. The first-order valence-electron chi connectivity index (χ1n) is 7.65. The zero-order valence-corrected chi connectivity index (χ0v) is 14.5. The molecule has 0 unspecified atom stereocenters. The van der Waals surface area contributed by atoms with Crippen LogP contribution < -0.4 is 5.32 Å². The fourth-order valence-electron chi connectivity index (χ4n) is 2.66. The molecule has 0 spiro atoms. The minimum atomic E-state index is -0.594. The highest BCUT2D eigenvalue weighted by Crippen LogP contribution is 2.22. The summed E-state index contributed by atoms with van der Waals surface area (Å²) in [6.07, 6.45) is 1.14. The summed E-state index contributed by atoms with van der Waals surface area (Å²) in [5, 5.41) is 13.5. The van der Waals surface area contributed by atoms with Crippen LogP contribution in [0.25, 0.3) is 0 Å². The topological polar surface area (TPSA) is 108 Å². The van der Waals surface area contributed by atoms with Crippen LogP contribution in [-0.2, 0) is 4.79 Å². The highest BCUT2D eigenvalue weighted by Gasteiger charge is 2.20. The van der Waals surface area contributed by atoms with Gasteiger partial charge in [0, 0.05) is 18.8 Å². The van der Waals surface area contributed by atoms with E-state index in [0.29, 0.717) is 0 Å². The number of aromatic nitrogens is 1. The molecule has 8 nitrogen and oxygen atoms in total. The maximum Gasteiger partial charge on any atom is 0.287 e. The van der Waals surface area contributed by atoms with Gasteiger partial charge in [0.05, 0.1) is 17.7 Å². The molecular weight excluding hydrogens is 324 g/mol. The molecule has 25 heavy (non-hydrogen) atoms. The average molecular weight is 344 g/mol. The van der Waals surface area contributed by atoms with Crippen molar-refractivity contribution in [3.05, 3.63) is 56.9 Å². The van der Waals surface area contributed by atoms with Gasteiger partial charge in [-0.3, -0.25) is 19.7 Å². The Morgan fingerprint density at radius 2 is 1.80 bits per heavy atom. The van der Waals surface area contributed by atoms with Gasteiger partial charge in [-0.1, -0.05) is 17.7 Å². The molecule has 0 aliphatic heterocycles. The second-order valence-electron chi connectivity index (χ2n) is 6.01. The lowest BCUT2D eigenvalue weighted by molar-refractivity contribution is -0.384. The van der Waals surface area contributed by atoms with E-state index in [-0.39, 0.29) is 23.8 Å². The van der Waals surface area contributed by atoms with Crippen LogP contribution in [0.3, 0.4) is 0 Å². The smallest absolute Gasteiger partial charge is 0.287 e. The van der Waals surface area contributed by atoms with Gasteiger partial charge in [0.1, 0.15) is 5.69 Å². The first-order valence-corrected chi connectivity index (χ1v) is 7.65. The SMILES string of the molecule is Cc1cc(C)c(NC(=O)CN(C)C(=O)c2cc([N+](=O)[O-])c[nH]2)c(C)c1. The number of aryl methyl sites for hydroxylation is 3. The van der Waals surface area contributed by atoms with Crippen LogP contribution >= 0.6 is 0 Å². The van der Waals surface area contributed by atoms with Gasteiger partial charge in [0.15, 0.2) is 0 Å². The van der Waals surface area contributed by atoms with Crippen molar-refractivity contribution < 1.29 is 14.5 Å². The molecule has 2 amide bonds. The molecule has 0 aliphatic rings. The minimum absolute atomic E-state index is 0.0599. The Morgan fingerprint density at radius 1 is 1.20 bits per heavy atom. The summed E-state index contributed by atoms with van der Waals surface area (Å²) < 4.78 is 0. The fraction of sp³-hybridized carbons (Fsp3) is 0.294. The Morgan fingerprint density at radius 3 is 2.32 bits per heavy atom. The van der Waals surface area contributed by atoms with Crippen molar-refractivity contribution in [2.75, 3.05) is 18.9 Å². The molecule has 1 aromatic carbocycles. The normalized spacial score (nSPS) is 10.4. The minimum Gasteiger partial charge on any atom is -0.351 e. The number of hydrogen-bond donors (Lipinski definition) is 2. The molecule has 0 atom stereocenters. The van der Waals surface area contributed by atoms with E-state index < -0.39 is 10.8 Å². The van der Waals surface area contributed by atoms with Gasteiger partial charge in [-0.2, -0.15) is 0 Å². The number of H-pyrrole nitrogens is 1. The van der Waals surface area contributed by atoms with Crippen molar-refractivity contribution >= 4 is 23.2 Å². The maximum atomic E-state index is 12.2. The number of nitro groups is 1. The number of amides is 2. The molecule has 1 aromatic heterocycles. The zero-order valence-electron chi connectivity index (χ0n) is 14.5. The highest BCUT2D eigenvalue weighted by atomic mass is 16.6. The summed E-state index contributed by atoms with van der Waals surface area (Å²) in [4.78, 5) is 38.3. The summed E-state index contributed by atoms with van der Waals surface area (Å²) in [7, 11) is 1.46. The van der Waals surface area contributed by atoms with Gasteiger partial charge in [0.25, 0.3) is 11.6 Å². The summed E-state index contributed by atoms with van der Waals surface area (Å²) in [5.41, 5.74) is 3.58. The molecule has 1 heterocycles. The Hall–Kier alpha value is -3.16. The largest absolute Gasteiger partial charge is 0.351 e. The van der Waals surface area contributed by atoms with E-state index in [1.54, 1.807) is 0 Å². The van der Waals surface area contributed by atoms with Crippen molar-refractivity contribution in [2.24, 2.45) is 0 Å². The Labute approximate surface area is 145 Å². The van der Waals surface area contributed by atoms with Crippen LogP contribution in [0, 0.1) is 30.9 Å². The Bertz CT molecular complexity index is 818. The van der Waals surface area contributed by atoms with E-state index in [4.69, 9.17) is 0 Å². The molecule has 132 valence electrons. The number of anilines is 1. The van der Waals surface area contributed by atoms with E-state index in [1.807, 2.05) is 32.9 Å². The molecular formula is C17H20N4O4. The number of aromatic amines is 1. The first-order chi connectivity index (χ1) is 11.7. The van der Waals surface area contributed by atoms with Crippen molar-refractivity contribution in [1.29, 1.82) is 0 Å². The molecule has 2 rings (SSSR count). The summed E-state index contributed by atoms with van der Waals surface area (Å²) in [6, 6.07) is 5.08. The average Bonchev–Trinajstić information content (AvgIpc) is 3.00. The molecule has 8 heteroatoms. The third-order valence-corrected chi connectivity index (χ3v) is 3.78. The molecule has 0 saturated heterocycles. The summed E-state index contributed by atoms with van der Waals surface area (Å²) >= 11 is 0. The van der Waals surface area contributed by atoms with Gasteiger partial charge in [-0.05, 0) is 31.9 Å². The van der Waals surface area contributed by atoms with E-state index in [0.717, 1.165) is 34.6 Å². The first kappa shape index (κ1) is 18.2. The molecule has 0 radical (unpaired) electrons. The van der Waals surface area contributed by atoms with Crippen LogP contribution in [0.4, 0.5) is 11.4 Å². The van der Waals surface area contributed by atoms with Crippen LogP contribution in [0.15, 0.2) is 24.4 Å². The standard InChI is InChI=1S/C17H20N4O4/c1-10-5-11(2)16(12(3)6-10)19-15(22)9-20(4)17(23)14-7-13(8-18-14)21(24)25/h5-8,18H,9H2,1-4H3,(H,19,22). The van der Waals surface area contributed by atoms with Crippen molar-refractivity contribution in [2.45, 2.75) is 20.8 Å². The molecule has 2 aromatic rings. The van der Waals surface area contributed by atoms with Gasteiger partial charge >= 0.3 is 0 Å². The summed E-state index contributed by atoms with van der Waals surface area (Å²) in [6.45, 7) is 5.62. The van der Waals surface area contributed by atoms with E-state index in [9.17, 15) is 19.7 Å². The number of benzene rings is 1. The van der Waals surface area contributed by atoms with Crippen LogP contribution in [0.5, 0.6) is 0 Å². The lowest BCUT2D eigenvalue weighted by atomic mass is 10.1. The van der Waals surface area contributed by atoms with Gasteiger partial charge < -0.3 is 15.2 Å². The highest BCUT2D eigenvalue weighted by molar-refractivity contribution is 5.99. The number of hydrogen-bond acceptors (Lipinski definition) is 4. The van der Waals surface area contributed by atoms with Crippen molar-refractivity contribution in [3.8, 4) is 0 Å². The second kappa shape index (κ2) is 7.16. The Balaban J connectivity index is 2.04. The lowest BCUT2D eigenvalue weighted by Gasteiger charge is -2.18. The predicted molar refractivity (Wildman–Crippen MR) is 93.7 cm³/mol. The molecule has 2 N–H and O–H groups in total. The van der Waals surface area contributed by atoms with E-state index in [2.05, 4.69) is 10.3 Å². The molecule has 0 fully saturated rings. The van der Waals surface area contributed by atoms with Crippen LogP contribution in [0.1, 0.15) is 27.2 Å². The Kier molecular flexibility index (Phi) is 5.21. The van der Waals surface area contributed by atoms with Crippen molar-refractivity contribution in [3.63, 3.8) is 0 Å². The van der Waals surface area contributed by atoms with Crippen molar-refractivity contribution in [1.82, 2.24) is 9.88 Å². The lowest BCUT2D eigenvalue weighted by Crippen LogP contribution is -2.35. The monoisotopic (exact) mass is 344 g/mol. The number of nitrogens with one attached hydrogen (secondary N) is 2. The third-order valence-electron chi connectivity index (χ3n) is 3.78. The van der Waals surface area contributed by atoms with Gasteiger partial charge in [-0.25, -0.2) is 0 Å². The quantitative estimate of drug-likeness (QED) is 0.642. The maximum absolute atomic E-state index is 12.2. The molecule has 0 aliphatic carbocycles. The van der Waals surface area contributed by atoms with E-state index >= 15 is 0 Å².